The van der Waals surface area contributed by atoms with Gasteiger partial charge in [0.05, 0.1) is 51.0 Å². The standard InChI is InChI=1S/C53H47ClF8N10O12P2S/c1-23-12-26(22-85(76,77)78)42(37(13-23)84-86(79,80)81)52(2,3)20-39(74)72(87(5,82)83)50-41-32(54)8-9-36(44(41)69(4)68-50)71-49(66-34-17-25(6-7-29(34)51(71)75)48-63-11-10-33(65-48)46(57)58)35(16-24-14-27(55)18-28(56)15-24)64-38(73)21-70-45-40(43(67-70)47(59)60)30-19-31(30)53(45,61)62/h6-15,17-18,30-31,35,46-47H,16,19-22H2,1-5H3,(H,64,73)(H2,76,77,78)(H2,79,80,81)/t30-,31+,35-/m0/s1. The number of halogens is 9. The minimum atomic E-state index is -5.44. The molecule has 0 unspecified atom stereocenters. The van der Waals surface area contributed by atoms with Crippen molar-refractivity contribution in [3.8, 4) is 22.8 Å². The minimum Gasteiger partial charge on any atom is -0.404 e. The van der Waals surface area contributed by atoms with Crippen LogP contribution in [0.15, 0.2) is 77.7 Å². The van der Waals surface area contributed by atoms with Gasteiger partial charge in [0.25, 0.3) is 24.3 Å². The molecule has 0 bridgehead atoms. The Morgan fingerprint density at radius 3 is 2.28 bits per heavy atom. The van der Waals surface area contributed by atoms with E-state index >= 15 is 22.4 Å². The number of benzene rings is 4. The number of carbonyl (C=O) groups is 2. The topological polar surface area (TPSA) is 304 Å². The van der Waals surface area contributed by atoms with Crippen LogP contribution in [0.4, 0.5) is 40.9 Å². The van der Waals surface area contributed by atoms with Crippen LogP contribution in [0.5, 0.6) is 5.75 Å². The van der Waals surface area contributed by atoms with Crippen molar-refractivity contribution in [3.63, 3.8) is 0 Å². The molecule has 460 valence electrons. The summed E-state index contributed by atoms with van der Waals surface area (Å²) < 4.78 is 179. The largest absolute Gasteiger partial charge is 0.524 e. The summed E-state index contributed by atoms with van der Waals surface area (Å²) in [7, 11) is -14.1. The summed E-state index contributed by atoms with van der Waals surface area (Å²) in [6.45, 7) is 2.82. The van der Waals surface area contributed by atoms with Crippen LogP contribution in [0, 0.1) is 24.5 Å². The highest BCUT2D eigenvalue weighted by molar-refractivity contribution is 7.92. The molecule has 0 spiro atoms. The Kier molecular flexibility index (Phi) is 16.0. The molecule has 10 rings (SSSR count). The molecule has 1 saturated carbocycles. The second-order valence-corrected chi connectivity index (χ2v) is 26.7. The molecule has 0 aliphatic heterocycles. The lowest BCUT2D eigenvalue weighted by molar-refractivity contribution is -0.123. The first-order chi connectivity index (χ1) is 40.4. The van der Waals surface area contributed by atoms with E-state index in [0.717, 1.165) is 45.8 Å². The number of aromatic nitrogens is 8. The van der Waals surface area contributed by atoms with Gasteiger partial charge in [-0.05, 0) is 84.5 Å². The third-order valence-corrected chi connectivity index (χ3v) is 17.1. The average Bonchev–Trinajstić information content (AvgIpc) is 1.54. The lowest BCUT2D eigenvalue weighted by Crippen LogP contribution is -2.40. The predicted molar refractivity (Wildman–Crippen MR) is 295 cm³/mol. The quantitative estimate of drug-likeness (QED) is 0.0372. The fraction of sp³-hybridized carbons (Fsp3) is 0.321. The number of alkyl halides is 6. The molecule has 1 fully saturated rings. The van der Waals surface area contributed by atoms with Crippen molar-refractivity contribution in [2.45, 2.75) is 88.9 Å². The van der Waals surface area contributed by atoms with Gasteiger partial charge in [-0.25, -0.2) is 54.3 Å². The summed E-state index contributed by atoms with van der Waals surface area (Å²) in [5, 5.41) is 9.63. The number of phosphoric ester groups is 1. The number of nitrogens with zero attached hydrogens (tertiary/aromatic N) is 9. The van der Waals surface area contributed by atoms with E-state index in [2.05, 4.69) is 25.5 Å². The molecular weight excluding hydrogens is 1250 g/mol. The number of rotatable bonds is 19. The van der Waals surface area contributed by atoms with Crippen molar-refractivity contribution in [1.29, 1.82) is 0 Å². The third kappa shape index (κ3) is 12.3. The zero-order valence-corrected chi connectivity index (χ0v) is 49.0. The molecular formula is C53H47ClF8N10O12P2S. The van der Waals surface area contributed by atoms with Crippen LogP contribution in [0.2, 0.25) is 5.02 Å². The Morgan fingerprint density at radius 2 is 1.64 bits per heavy atom. The van der Waals surface area contributed by atoms with Crippen molar-refractivity contribution in [2.24, 2.45) is 13.0 Å². The van der Waals surface area contributed by atoms with E-state index < -0.39 is 167 Å². The monoisotopic (exact) mass is 1300 g/mol. The maximum atomic E-state index is 15.8. The molecule has 87 heavy (non-hydrogen) atoms. The van der Waals surface area contributed by atoms with Gasteiger partial charge in [0.15, 0.2) is 11.6 Å². The van der Waals surface area contributed by atoms with Crippen LogP contribution in [0.1, 0.15) is 102 Å². The summed E-state index contributed by atoms with van der Waals surface area (Å²) in [6.07, 6.45) is -7.57. The molecule has 4 aromatic heterocycles. The lowest BCUT2D eigenvalue weighted by atomic mass is 9.78. The Morgan fingerprint density at radius 1 is 0.954 bits per heavy atom. The third-order valence-electron chi connectivity index (χ3n) is 14.6. The Labute approximate surface area is 491 Å². The van der Waals surface area contributed by atoms with Crippen LogP contribution >= 0.6 is 27.0 Å². The van der Waals surface area contributed by atoms with E-state index in [-0.39, 0.29) is 71.5 Å². The Balaban J connectivity index is 1.17. The van der Waals surface area contributed by atoms with Crippen molar-refractivity contribution in [1.82, 2.24) is 44.4 Å². The highest BCUT2D eigenvalue weighted by Gasteiger charge is 2.67. The molecule has 2 aliphatic rings. The van der Waals surface area contributed by atoms with Gasteiger partial charge in [-0.1, -0.05) is 37.6 Å². The lowest BCUT2D eigenvalue weighted by Gasteiger charge is -2.31. The maximum Gasteiger partial charge on any atom is 0.524 e. The number of carbonyl (C=O) groups excluding carboxylic acids is 2. The molecule has 34 heteroatoms. The number of nitrogens with one attached hydrogen (secondary N) is 1. The number of hydrogen-bond donors (Lipinski definition) is 5. The van der Waals surface area contributed by atoms with E-state index in [1.165, 1.54) is 58.2 Å². The Hall–Kier alpha value is -7.50. The first-order valence-electron chi connectivity index (χ1n) is 25.7. The van der Waals surface area contributed by atoms with Crippen molar-refractivity contribution in [3.05, 3.63) is 151 Å². The van der Waals surface area contributed by atoms with Gasteiger partial charge in [-0.2, -0.15) is 23.3 Å². The van der Waals surface area contributed by atoms with E-state index in [1.54, 1.807) is 0 Å². The summed E-state index contributed by atoms with van der Waals surface area (Å²) in [5.41, 5.74) is -7.34. The van der Waals surface area contributed by atoms with Gasteiger partial charge in [-0.3, -0.25) is 42.7 Å². The molecule has 0 radical (unpaired) electrons. The van der Waals surface area contributed by atoms with Crippen LogP contribution in [0.25, 0.3) is 38.9 Å². The number of hydrogen-bond acceptors (Lipinski definition) is 13. The highest BCUT2D eigenvalue weighted by atomic mass is 35.5. The zero-order valence-electron chi connectivity index (χ0n) is 45.6. The van der Waals surface area contributed by atoms with Crippen LogP contribution in [-0.2, 0) is 66.3 Å². The number of aryl methyl sites for hydroxylation is 2. The Bertz CT molecular complexity index is 4420. The normalized spacial score (nSPS) is 16.2. The van der Waals surface area contributed by atoms with Gasteiger partial charge >= 0.3 is 15.4 Å². The second-order valence-electron chi connectivity index (χ2n) is 21.6. The summed E-state index contributed by atoms with van der Waals surface area (Å²) in [5.74, 6) is -13.0. The fourth-order valence-electron chi connectivity index (χ4n) is 11.4. The van der Waals surface area contributed by atoms with Gasteiger partial charge in [0, 0.05) is 60.2 Å². The first kappa shape index (κ1) is 62.5. The number of phosphoric acid groups is 1. The molecule has 2 amide bonds. The summed E-state index contributed by atoms with van der Waals surface area (Å²) in [4.78, 5) is 97.6. The van der Waals surface area contributed by atoms with E-state index in [9.17, 15) is 64.3 Å². The predicted octanol–water partition coefficient (Wildman–Crippen LogP) is 9.16. The van der Waals surface area contributed by atoms with Crippen LogP contribution in [-0.4, -0.2) is 85.1 Å². The number of fused-ring (bicyclic) bond motifs is 5. The molecule has 4 heterocycles. The maximum absolute atomic E-state index is 15.8. The van der Waals surface area contributed by atoms with Crippen molar-refractivity contribution < 1.29 is 86.4 Å². The van der Waals surface area contributed by atoms with E-state index in [1.807, 2.05) is 0 Å². The van der Waals surface area contributed by atoms with Crippen molar-refractivity contribution in [2.75, 3.05) is 10.6 Å². The molecule has 0 saturated heterocycles. The number of amides is 2. The van der Waals surface area contributed by atoms with E-state index in [0.29, 0.717) is 17.0 Å². The smallest absolute Gasteiger partial charge is 0.404 e. The van der Waals surface area contributed by atoms with Gasteiger partial charge < -0.3 is 19.6 Å². The first-order valence-corrected chi connectivity index (χ1v) is 31.3. The zero-order chi connectivity index (χ0) is 63.5. The highest BCUT2D eigenvalue weighted by Crippen LogP contribution is 2.68. The fourth-order valence-corrected chi connectivity index (χ4v) is 13.6. The molecule has 2 aliphatic carbocycles. The summed E-state index contributed by atoms with van der Waals surface area (Å²) in [6, 6.07) is 9.68. The SMILES string of the molecule is Cc1cc(CP(=O)(O)O)c(C(C)(C)CC(=O)N(c2nn(C)c3c(-n4c([C@H](Cc5cc(F)cc(F)c5)NC(=O)Cn5nc(C(F)F)c6c5C(F)(F)[C@@H]5C[C@H]65)nc5cc(-c6nccc(C(F)F)n6)ccc5c4=O)ccc(Cl)c23)S(C)(=O)=O)c(OP(=O)(O)O)c1. The van der Waals surface area contributed by atoms with Gasteiger partial charge in [-0.15, -0.1) is 0 Å². The van der Waals surface area contributed by atoms with Crippen LogP contribution < -0.4 is 19.7 Å². The van der Waals surface area contributed by atoms with Crippen LogP contribution in [0.3, 0.4) is 0 Å². The molecule has 22 nitrogen and oxygen atoms in total. The molecule has 3 atom stereocenters. The van der Waals surface area contributed by atoms with Gasteiger partial charge in [0.1, 0.15) is 46.8 Å². The van der Waals surface area contributed by atoms with Gasteiger partial charge in [0.2, 0.25) is 21.8 Å². The second kappa shape index (κ2) is 22.3. The molecule has 4 aromatic carbocycles. The van der Waals surface area contributed by atoms with E-state index in [4.69, 9.17) is 21.1 Å². The van der Waals surface area contributed by atoms with Crippen molar-refractivity contribution >= 4 is 76.5 Å². The summed E-state index contributed by atoms with van der Waals surface area (Å²) >= 11 is 6.91. The molecule has 5 N–H and O–H groups in total. The number of sulfonamides is 1. The minimum absolute atomic E-state index is 0.000424. The average molecular weight is 1300 g/mol. The number of anilines is 1. The molecule has 8 aromatic rings.